The predicted octanol–water partition coefficient (Wildman–Crippen LogP) is 1.07. The molecule has 0 aliphatic heterocycles. The summed E-state index contributed by atoms with van der Waals surface area (Å²) in [6.45, 7) is 3.77. The fourth-order valence-electron chi connectivity index (χ4n) is 1.56. The minimum atomic E-state index is -3.91. The molecule has 0 aliphatic rings. The molecular weight excluding hydrogens is 302 g/mol. The fourth-order valence-corrected chi connectivity index (χ4v) is 3.29. The van der Waals surface area contributed by atoms with Crippen LogP contribution in [0.25, 0.3) is 0 Å². The molecule has 1 aromatic rings. The number of halogens is 1. The number of nitrogens with zero attached hydrogens (tertiary/aromatic N) is 1. The van der Waals surface area contributed by atoms with Crippen LogP contribution in [0.15, 0.2) is 23.1 Å². The molecule has 8 heteroatoms. The highest BCUT2D eigenvalue weighted by Gasteiger charge is 2.25. The molecule has 0 spiro atoms. The van der Waals surface area contributed by atoms with E-state index >= 15 is 0 Å². The number of anilines is 1. The van der Waals surface area contributed by atoms with E-state index in [2.05, 4.69) is 4.72 Å². The van der Waals surface area contributed by atoms with Crippen molar-refractivity contribution in [2.45, 2.75) is 24.8 Å². The first-order valence-corrected chi connectivity index (χ1v) is 7.87. The van der Waals surface area contributed by atoms with Crippen molar-refractivity contribution in [3.63, 3.8) is 0 Å². The lowest BCUT2D eigenvalue weighted by atomic mass is 10.3. The lowest BCUT2D eigenvalue weighted by Gasteiger charge is -2.20. The van der Waals surface area contributed by atoms with Gasteiger partial charge in [-0.15, -0.1) is 0 Å². The molecule has 3 N–H and O–H groups in total. The maximum Gasteiger partial charge on any atom is 0.242 e. The van der Waals surface area contributed by atoms with Crippen LogP contribution >= 0.6 is 11.6 Å². The van der Waals surface area contributed by atoms with Crippen molar-refractivity contribution in [3.8, 4) is 0 Å². The molecule has 6 nitrogen and oxygen atoms in total. The quantitative estimate of drug-likeness (QED) is 0.794. The molecule has 1 unspecified atom stereocenters. The second-order valence-electron chi connectivity index (χ2n) is 4.39. The zero-order valence-corrected chi connectivity index (χ0v) is 13.1. The van der Waals surface area contributed by atoms with E-state index < -0.39 is 16.1 Å². The SMILES string of the molecule is CCN(C)C(=O)C(C)NS(=O)(=O)c1cc(N)ccc1Cl. The summed E-state index contributed by atoms with van der Waals surface area (Å²) in [5, 5.41) is 0.0511. The van der Waals surface area contributed by atoms with Gasteiger partial charge in [0.2, 0.25) is 15.9 Å². The number of hydrogen-bond donors (Lipinski definition) is 2. The van der Waals surface area contributed by atoms with Gasteiger partial charge in [-0.1, -0.05) is 11.6 Å². The van der Waals surface area contributed by atoms with Gasteiger partial charge in [0.1, 0.15) is 4.90 Å². The van der Waals surface area contributed by atoms with E-state index in [1.54, 1.807) is 14.0 Å². The zero-order valence-electron chi connectivity index (χ0n) is 11.6. The number of hydrogen-bond acceptors (Lipinski definition) is 4. The summed E-state index contributed by atoms with van der Waals surface area (Å²) >= 11 is 5.86. The summed E-state index contributed by atoms with van der Waals surface area (Å²) in [4.78, 5) is 13.2. The summed E-state index contributed by atoms with van der Waals surface area (Å²) in [6.07, 6.45) is 0. The number of carbonyl (C=O) groups is 1. The highest BCUT2D eigenvalue weighted by Crippen LogP contribution is 2.23. The first-order chi connectivity index (χ1) is 9.19. The second kappa shape index (κ2) is 6.43. The number of nitrogen functional groups attached to an aromatic ring is 1. The van der Waals surface area contributed by atoms with Gasteiger partial charge in [0.25, 0.3) is 0 Å². The summed E-state index contributed by atoms with van der Waals surface area (Å²) < 4.78 is 26.7. The number of likely N-dealkylation sites (N-methyl/N-ethyl adjacent to an activating group) is 1. The Hall–Kier alpha value is -1.31. The molecule has 0 fully saturated rings. The maximum atomic E-state index is 12.2. The smallest absolute Gasteiger partial charge is 0.242 e. The topological polar surface area (TPSA) is 92.5 Å². The first kappa shape index (κ1) is 16.7. The van der Waals surface area contributed by atoms with E-state index in [1.807, 2.05) is 0 Å². The summed E-state index contributed by atoms with van der Waals surface area (Å²) in [5.74, 6) is -0.323. The first-order valence-electron chi connectivity index (χ1n) is 6.01. The highest BCUT2D eigenvalue weighted by molar-refractivity contribution is 7.89. The molecule has 0 bridgehead atoms. The summed E-state index contributed by atoms with van der Waals surface area (Å²) in [6, 6.07) is 3.27. The average molecular weight is 320 g/mol. The van der Waals surface area contributed by atoms with Crippen molar-refractivity contribution in [1.82, 2.24) is 9.62 Å². The van der Waals surface area contributed by atoms with E-state index in [4.69, 9.17) is 17.3 Å². The number of nitrogens with one attached hydrogen (secondary N) is 1. The van der Waals surface area contributed by atoms with Crippen molar-refractivity contribution < 1.29 is 13.2 Å². The molecule has 0 aliphatic carbocycles. The standard InChI is InChI=1S/C12H18ClN3O3S/c1-4-16(3)12(17)8(2)15-20(18,19)11-7-9(14)5-6-10(11)13/h5-8,15H,4,14H2,1-3H3. The van der Waals surface area contributed by atoms with Gasteiger partial charge < -0.3 is 10.6 Å². The molecule has 0 saturated heterocycles. The Morgan fingerprint density at radius 2 is 2.10 bits per heavy atom. The largest absolute Gasteiger partial charge is 0.399 e. The number of sulfonamides is 1. The van der Waals surface area contributed by atoms with Crippen molar-refractivity contribution in [1.29, 1.82) is 0 Å². The van der Waals surface area contributed by atoms with E-state index in [9.17, 15) is 13.2 Å². The van der Waals surface area contributed by atoms with Gasteiger partial charge in [0, 0.05) is 19.3 Å². The lowest BCUT2D eigenvalue weighted by Crippen LogP contribution is -2.45. The van der Waals surface area contributed by atoms with Gasteiger partial charge in [-0.05, 0) is 32.0 Å². The number of amides is 1. The van der Waals surface area contributed by atoms with E-state index in [-0.39, 0.29) is 21.5 Å². The molecule has 1 rings (SSSR count). The lowest BCUT2D eigenvalue weighted by molar-refractivity contribution is -0.131. The third kappa shape index (κ3) is 3.84. The van der Waals surface area contributed by atoms with Crippen LogP contribution in [-0.4, -0.2) is 38.9 Å². The Bertz CT molecular complexity index is 604. The Kier molecular flexibility index (Phi) is 5.38. The Balaban J connectivity index is 3.01. The molecule has 0 heterocycles. The molecular formula is C12H18ClN3O3S. The van der Waals surface area contributed by atoms with Crippen molar-refractivity contribution >= 4 is 33.2 Å². The Morgan fingerprint density at radius 3 is 2.65 bits per heavy atom. The number of carbonyl (C=O) groups excluding carboxylic acids is 1. The van der Waals surface area contributed by atoms with Gasteiger partial charge in [-0.3, -0.25) is 4.79 Å². The minimum Gasteiger partial charge on any atom is -0.399 e. The number of nitrogens with two attached hydrogens (primary N) is 1. The third-order valence-corrected chi connectivity index (χ3v) is 4.82. The average Bonchev–Trinajstić information content (AvgIpc) is 2.39. The number of rotatable bonds is 5. The fraction of sp³-hybridized carbons (Fsp3) is 0.417. The van der Waals surface area contributed by atoms with Gasteiger partial charge in [0.05, 0.1) is 11.1 Å². The van der Waals surface area contributed by atoms with E-state index in [0.29, 0.717) is 6.54 Å². The molecule has 20 heavy (non-hydrogen) atoms. The van der Waals surface area contributed by atoms with Crippen molar-refractivity contribution in [2.75, 3.05) is 19.3 Å². The van der Waals surface area contributed by atoms with Gasteiger partial charge in [0.15, 0.2) is 0 Å². The molecule has 1 aromatic carbocycles. The van der Waals surface area contributed by atoms with Crippen LogP contribution in [-0.2, 0) is 14.8 Å². The van der Waals surface area contributed by atoms with E-state index in [1.165, 1.54) is 30.0 Å². The predicted molar refractivity (Wildman–Crippen MR) is 79.0 cm³/mol. The van der Waals surface area contributed by atoms with Crippen molar-refractivity contribution in [2.24, 2.45) is 0 Å². The highest BCUT2D eigenvalue weighted by atomic mass is 35.5. The molecule has 0 saturated carbocycles. The summed E-state index contributed by atoms with van der Waals surface area (Å²) in [7, 11) is -2.31. The Morgan fingerprint density at radius 1 is 1.50 bits per heavy atom. The monoisotopic (exact) mass is 319 g/mol. The molecule has 0 aromatic heterocycles. The zero-order chi connectivity index (χ0) is 15.5. The molecule has 1 amide bonds. The van der Waals surface area contributed by atoms with Crippen LogP contribution < -0.4 is 10.5 Å². The number of benzene rings is 1. The van der Waals surface area contributed by atoms with Gasteiger partial charge in [-0.25, -0.2) is 8.42 Å². The van der Waals surface area contributed by atoms with Crippen LogP contribution in [0.3, 0.4) is 0 Å². The summed E-state index contributed by atoms with van der Waals surface area (Å²) in [5.41, 5.74) is 5.84. The second-order valence-corrected chi connectivity index (χ2v) is 6.47. The van der Waals surface area contributed by atoms with Gasteiger partial charge in [-0.2, -0.15) is 4.72 Å². The normalized spacial score (nSPS) is 13.0. The van der Waals surface area contributed by atoms with Crippen LogP contribution in [0.2, 0.25) is 5.02 Å². The minimum absolute atomic E-state index is 0.0511. The van der Waals surface area contributed by atoms with Crippen LogP contribution in [0.4, 0.5) is 5.69 Å². The van der Waals surface area contributed by atoms with E-state index in [0.717, 1.165) is 0 Å². The van der Waals surface area contributed by atoms with Crippen LogP contribution in [0, 0.1) is 0 Å². The third-order valence-electron chi connectivity index (χ3n) is 2.80. The Labute approximate surface area is 123 Å². The van der Waals surface area contributed by atoms with Crippen LogP contribution in [0.5, 0.6) is 0 Å². The molecule has 112 valence electrons. The van der Waals surface area contributed by atoms with Crippen molar-refractivity contribution in [3.05, 3.63) is 23.2 Å². The maximum absolute atomic E-state index is 12.2. The molecule has 0 radical (unpaired) electrons. The molecule has 1 atom stereocenters. The van der Waals surface area contributed by atoms with Crippen LogP contribution in [0.1, 0.15) is 13.8 Å². The van der Waals surface area contributed by atoms with Gasteiger partial charge >= 0.3 is 0 Å².